The second kappa shape index (κ2) is 11.8. The summed E-state index contributed by atoms with van der Waals surface area (Å²) in [6, 6.07) is 26.7. The third-order valence-corrected chi connectivity index (χ3v) is 6.01. The molecule has 3 aromatic rings. The molecule has 2 N–H and O–H groups in total. The van der Waals surface area contributed by atoms with E-state index in [1.807, 2.05) is 84.9 Å². The van der Waals surface area contributed by atoms with Crippen molar-refractivity contribution in [3.05, 3.63) is 96.1 Å². The van der Waals surface area contributed by atoms with Crippen molar-refractivity contribution in [1.82, 2.24) is 4.90 Å². The number of urea groups is 1. The number of hydrogen-bond acceptors (Lipinski definition) is 4. The fraction of sp³-hybridized carbons (Fsp3) is 0.250. The van der Waals surface area contributed by atoms with Crippen LogP contribution in [0, 0.1) is 5.92 Å². The minimum atomic E-state index is -0.402. The normalized spacial score (nSPS) is 13.7. The monoisotopic (exact) mass is 471 g/mol. The van der Waals surface area contributed by atoms with Crippen LogP contribution in [0.2, 0.25) is 0 Å². The van der Waals surface area contributed by atoms with Crippen LogP contribution in [-0.4, -0.2) is 42.5 Å². The highest BCUT2D eigenvalue weighted by Crippen LogP contribution is 2.21. The second-order valence-corrected chi connectivity index (χ2v) is 8.53. The van der Waals surface area contributed by atoms with Crippen LogP contribution in [0.3, 0.4) is 0 Å². The Morgan fingerprint density at radius 3 is 2.14 bits per heavy atom. The van der Waals surface area contributed by atoms with Crippen molar-refractivity contribution in [3.63, 3.8) is 0 Å². The third kappa shape index (κ3) is 6.93. The summed E-state index contributed by atoms with van der Waals surface area (Å²) in [4.78, 5) is 39.1. The molecule has 1 fully saturated rings. The number of ether oxygens (including phenoxy) is 1. The van der Waals surface area contributed by atoms with Gasteiger partial charge < -0.3 is 20.3 Å². The fourth-order valence-electron chi connectivity index (χ4n) is 4.10. The molecule has 0 radical (unpaired) electrons. The summed E-state index contributed by atoms with van der Waals surface area (Å²) >= 11 is 0. The first-order valence-electron chi connectivity index (χ1n) is 11.8. The van der Waals surface area contributed by atoms with Gasteiger partial charge in [0.25, 0.3) is 5.91 Å². The van der Waals surface area contributed by atoms with Crippen LogP contribution >= 0.6 is 0 Å². The highest BCUT2D eigenvalue weighted by atomic mass is 16.5. The number of nitrogens with one attached hydrogen (secondary N) is 2. The summed E-state index contributed by atoms with van der Waals surface area (Å²) in [6.07, 6.45) is 1.69. The van der Waals surface area contributed by atoms with Gasteiger partial charge in [0.15, 0.2) is 6.61 Å². The molecule has 0 aromatic heterocycles. The lowest BCUT2D eigenvalue weighted by atomic mass is 9.97. The number of hydrogen-bond donors (Lipinski definition) is 2. The van der Waals surface area contributed by atoms with Gasteiger partial charge in [-0.25, -0.2) is 4.79 Å². The number of anilines is 2. The molecule has 3 amide bonds. The number of likely N-dealkylation sites (tertiary alicyclic amines) is 1. The van der Waals surface area contributed by atoms with E-state index in [1.165, 1.54) is 0 Å². The van der Waals surface area contributed by atoms with E-state index >= 15 is 0 Å². The largest absolute Gasteiger partial charge is 0.455 e. The Balaban J connectivity index is 1.22. The Kier molecular flexibility index (Phi) is 8.12. The quantitative estimate of drug-likeness (QED) is 0.489. The highest BCUT2D eigenvalue weighted by Gasteiger charge is 2.28. The maximum atomic E-state index is 12.5. The van der Waals surface area contributed by atoms with Gasteiger partial charge in [-0.15, -0.1) is 0 Å². The standard InChI is InChI=1S/C28H29N3O4/c32-26(30-25-14-8-7-11-23(25)19-21-9-3-1-4-10-21)20-35-27(33)22-15-17-31(18-16-22)28(34)29-24-12-5-2-6-13-24/h1-14,22H,15-20H2,(H,29,34)(H,30,32). The van der Waals surface area contributed by atoms with Crippen LogP contribution in [0.4, 0.5) is 16.2 Å². The molecule has 0 spiro atoms. The number of amides is 3. The Hall–Kier alpha value is -4.13. The number of esters is 1. The number of benzene rings is 3. The van der Waals surface area contributed by atoms with Gasteiger partial charge in [0.2, 0.25) is 0 Å². The maximum Gasteiger partial charge on any atom is 0.321 e. The third-order valence-electron chi connectivity index (χ3n) is 6.01. The van der Waals surface area contributed by atoms with Crippen LogP contribution in [0.5, 0.6) is 0 Å². The zero-order chi connectivity index (χ0) is 24.5. The maximum absolute atomic E-state index is 12.5. The lowest BCUT2D eigenvalue weighted by Gasteiger charge is -2.30. The molecule has 1 aliphatic rings. The number of rotatable bonds is 7. The molecular weight excluding hydrogens is 442 g/mol. The van der Waals surface area contributed by atoms with Gasteiger partial charge in [0.05, 0.1) is 5.92 Å². The van der Waals surface area contributed by atoms with Gasteiger partial charge in [-0.3, -0.25) is 9.59 Å². The van der Waals surface area contributed by atoms with Crippen molar-refractivity contribution >= 4 is 29.3 Å². The molecule has 1 saturated heterocycles. The molecular formula is C28H29N3O4. The van der Waals surface area contributed by atoms with Crippen LogP contribution in [0.15, 0.2) is 84.9 Å². The predicted octanol–water partition coefficient (Wildman–Crippen LogP) is 4.70. The summed E-state index contributed by atoms with van der Waals surface area (Å²) in [5.74, 6) is -1.10. The number of piperidine rings is 1. The van der Waals surface area contributed by atoms with E-state index < -0.39 is 5.97 Å². The van der Waals surface area contributed by atoms with Crippen molar-refractivity contribution in [1.29, 1.82) is 0 Å². The zero-order valence-corrected chi connectivity index (χ0v) is 19.5. The molecule has 35 heavy (non-hydrogen) atoms. The first-order chi connectivity index (χ1) is 17.1. The molecule has 0 atom stereocenters. The Bertz CT molecular complexity index is 1140. The molecule has 4 rings (SSSR count). The van der Waals surface area contributed by atoms with Crippen LogP contribution < -0.4 is 10.6 Å². The summed E-state index contributed by atoms with van der Waals surface area (Å²) in [6.45, 7) is 0.572. The Morgan fingerprint density at radius 1 is 0.800 bits per heavy atom. The van der Waals surface area contributed by atoms with Crippen LogP contribution in [0.1, 0.15) is 24.0 Å². The van der Waals surface area contributed by atoms with Gasteiger partial charge in [-0.2, -0.15) is 0 Å². The number of nitrogens with zero attached hydrogens (tertiary/aromatic N) is 1. The summed E-state index contributed by atoms with van der Waals surface area (Å²) in [5, 5.41) is 5.71. The van der Waals surface area contributed by atoms with Crippen LogP contribution in [-0.2, 0) is 20.7 Å². The molecule has 7 heteroatoms. The number of carbonyl (C=O) groups is 3. The number of para-hydroxylation sites is 2. The van der Waals surface area contributed by atoms with Gasteiger partial charge in [0, 0.05) is 24.5 Å². The van der Waals surface area contributed by atoms with Crippen molar-refractivity contribution in [2.75, 3.05) is 30.3 Å². The lowest BCUT2D eigenvalue weighted by molar-refractivity contribution is -0.152. The predicted molar refractivity (Wildman–Crippen MR) is 135 cm³/mol. The van der Waals surface area contributed by atoms with Crippen LogP contribution in [0.25, 0.3) is 0 Å². The van der Waals surface area contributed by atoms with E-state index in [9.17, 15) is 14.4 Å². The van der Waals surface area contributed by atoms with E-state index in [2.05, 4.69) is 10.6 Å². The van der Waals surface area contributed by atoms with E-state index in [-0.39, 0.29) is 24.5 Å². The molecule has 3 aromatic carbocycles. The Morgan fingerprint density at radius 2 is 1.43 bits per heavy atom. The molecule has 1 heterocycles. The van der Waals surface area contributed by atoms with Crippen molar-refractivity contribution in [3.8, 4) is 0 Å². The molecule has 0 bridgehead atoms. The van der Waals surface area contributed by atoms with Gasteiger partial charge >= 0.3 is 12.0 Å². The summed E-state index contributed by atoms with van der Waals surface area (Å²) in [7, 11) is 0. The average molecular weight is 472 g/mol. The fourth-order valence-corrected chi connectivity index (χ4v) is 4.10. The minimum Gasteiger partial charge on any atom is -0.455 e. The van der Waals surface area contributed by atoms with E-state index in [1.54, 1.807) is 4.90 Å². The second-order valence-electron chi connectivity index (χ2n) is 8.53. The molecule has 0 unspecified atom stereocenters. The molecule has 0 saturated carbocycles. The molecule has 0 aliphatic carbocycles. The van der Waals surface area contributed by atoms with Gasteiger partial charge in [-0.05, 0) is 48.6 Å². The molecule has 7 nitrogen and oxygen atoms in total. The SMILES string of the molecule is O=C(COC(=O)C1CCN(C(=O)Nc2ccccc2)CC1)Nc1ccccc1Cc1ccccc1. The Labute approximate surface area is 205 Å². The summed E-state index contributed by atoms with van der Waals surface area (Å²) in [5.41, 5.74) is 3.56. The first kappa shape index (κ1) is 24.0. The van der Waals surface area contributed by atoms with Gasteiger partial charge in [0.1, 0.15) is 0 Å². The first-order valence-corrected chi connectivity index (χ1v) is 11.8. The van der Waals surface area contributed by atoms with E-state index in [0.29, 0.717) is 38.0 Å². The van der Waals surface area contributed by atoms with E-state index in [4.69, 9.17) is 4.74 Å². The van der Waals surface area contributed by atoms with Gasteiger partial charge in [-0.1, -0.05) is 66.7 Å². The van der Waals surface area contributed by atoms with Crippen molar-refractivity contribution in [2.24, 2.45) is 5.92 Å². The average Bonchev–Trinajstić information content (AvgIpc) is 2.90. The molecule has 1 aliphatic heterocycles. The highest BCUT2D eigenvalue weighted by molar-refractivity contribution is 5.93. The van der Waals surface area contributed by atoms with Crippen molar-refractivity contribution < 1.29 is 19.1 Å². The minimum absolute atomic E-state index is 0.184. The number of carbonyl (C=O) groups excluding carboxylic acids is 3. The van der Waals surface area contributed by atoms with E-state index in [0.717, 1.165) is 16.8 Å². The summed E-state index contributed by atoms with van der Waals surface area (Å²) < 4.78 is 5.29. The van der Waals surface area contributed by atoms with Crippen molar-refractivity contribution in [2.45, 2.75) is 19.3 Å². The topological polar surface area (TPSA) is 87.7 Å². The smallest absolute Gasteiger partial charge is 0.321 e. The lowest BCUT2D eigenvalue weighted by Crippen LogP contribution is -2.43. The molecule has 180 valence electrons. The zero-order valence-electron chi connectivity index (χ0n) is 19.5.